The molecule has 2 saturated heterocycles. The van der Waals surface area contributed by atoms with Gasteiger partial charge < -0.3 is 19.5 Å². The first kappa shape index (κ1) is 23.9. The molecule has 2 aliphatic heterocycles. The minimum atomic E-state index is -0.781. The van der Waals surface area contributed by atoms with Crippen molar-refractivity contribution in [3.05, 3.63) is 71.0 Å². The van der Waals surface area contributed by atoms with Crippen molar-refractivity contribution in [2.45, 2.75) is 19.4 Å². The van der Waals surface area contributed by atoms with E-state index in [-0.39, 0.29) is 16.9 Å². The second kappa shape index (κ2) is 10.8. The molecule has 0 spiro atoms. The van der Waals surface area contributed by atoms with E-state index in [1.54, 1.807) is 12.1 Å². The van der Waals surface area contributed by atoms with E-state index in [1.807, 2.05) is 19.1 Å². The first-order valence-corrected chi connectivity index (χ1v) is 11.6. The summed E-state index contributed by atoms with van der Waals surface area (Å²) in [6.07, 6.45) is 0.840. The largest absolute Gasteiger partial charge is 0.507 e. The molecule has 180 valence electrons. The number of rotatable bonds is 8. The van der Waals surface area contributed by atoms with Crippen molar-refractivity contribution in [3.63, 3.8) is 0 Å². The normalized spacial score (nSPS) is 20.6. The topological polar surface area (TPSA) is 79.3 Å². The van der Waals surface area contributed by atoms with E-state index in [0.717, 1.165) is 19.5 Å². The zero-order chi connectivity index (χ0) is 24.1. The first-order chi connectivity index (χ1) is 16.5. The molecule has 2 fully saturated rings. The SMILES string of the molecule is CCCOc1cccc(C2C(=C(O)c3ccc(F)cc3)C(=O)C(=O)N2CCN2CCOCC2)c1. The number of carbonyl (C=O) groups excluding carboxylic acids is 2. The number of benzene rings is 2. The van der Waals surface area contributed by atoms with Crippen LogP contribution in [0.25, 0.3) is 5.76 Å². The predicted molar refractivity (Wildman–Crippen MR) is 125 cm³/mol. The lowest BCUT2D eigenvalue weighted by Crippen LogP contribution is -2.42. The molecular formula is C26H29FN2O5. The van der Waals surface area contributed by atoms with Crippen LogP contribution in [0, 0.1) is 5.82 Å². The third-order valence-corrected chi connectivity index (χ3v) is 6.07. The van der Waals surface area contributed by atoms with Gasteiger partial charge in [-0.05, 0) is 48.4 Å². The maximum absolute atomic E-state index is 13.4. The van der Waals surface area contributed by atoms with Crippen LogP contribution in [-0.4, -0.2) is 72.6 Å². The molecule has 1 unspecified atom stereocenters. The number of morpholine rings is 1. The van der Waals surface area contributed by atoms with Gasteiger partial charge in [0.25, 0.3) is 11.7 Å². The second-order valence-electron chi connectivity index (χ2n) is 8.37. The van der Waals surface area contributed by atoms with Crippen LogP contribution in [0.3, 0.4) is 0 Å². The van der Waals surface area contributed by atoms with Crippen LogP contribution in [0.4, 0.5) is 4.39 Å². The molecule has 0 aliphatic carbocycles. The maximum Gasteiger partial charge on any atom is 0.295 e. The van der Waals surface area contributed by atoms with Gasteiger partial charge in [0.05, 0.1) is 31.4 Å². The molecule has 2 aromatic rings. The summed E-state index contributed by atoms with van der Waals surface area (Å²) < 4.78 is 24.6. The van der Waals surface area contributed by atoms with E-state index in [1.165, 1.54) is 29.2 Å². The van der Waals surface area contributed by atoms with Gasteiger partial charge in [-0.1, -0.05) is 19.1 Å². The molecule has 1 amide bonds. The highest BCUT2D eigenvalue weighted by Gasteiger charge is 2.46. The average molecular weight is 469 g/mol. The number of amides is 1. The monoisotopic (exact) mass is 468 g/mol. The van der Waals surface area contributed by atoms with Crippen LogP contribution in [-0.2, 0) is 14.3 Å². The minimum Gasteiger partial charge on any atom is -0.507 e. The van der Waals surface area contributed by atoms with E-state index in [0.29, 0.717) is 44.2 Å². The summed E-state index contributed by atoms with van der Waals surface area (Å²) in [7, 11) is 0. The number of hydrogen-bond donors (Lipinski definition) is 1. The van der Waals surface area contributed by atoms with E-state index < -0.39 is 23.5 Å². The number of likely N-dealkylation sites (tertiary alicyclic amines) is 1. The highest BCUT2D eigenvalue weighted by atomic mass is 19.1. The molecule has 8 heteroatoms. The Balaban J connectivity index is 1.73. The van der Waals surface area contributed by atoms with Gasteiger partial charge in [-0.3, -0.25) is 14.5 Å². The van der Waals surface area contributed by atoms with E-state index in [4.69, 9.17) is 9.47 Å². The summed E-state index contributed by atoms with van der Waals surface area (Å²) in [6.45, 7) is 6.20. The molecule has 1 atom stereocenters. The van der Waals surface area contributed by atoms with E-state index in [2.05, 4.69) is 4.90 Å². The summed E-state index contributed by atoms with van der Waals surface area (Å²) in [6, 6.07) is 11.7. The van der Waals surface area contributed by atoms with Crippen LogP contribution in [0.5, 0.6) is 5.75 Å². The number of halogens is 1. The Labute approximate surface area is 198 Å². The molecule has 0 saturated carbocycles. The highest BCUT2D eigenvalue weighted by molar-refractivity contribution is 6.46. The number of ketones is 1. The van der Waals surface area contributed by atoms with Crippen LogP contribution >= 0.6 is 0 Å². The summed E-state index contributed by atoms with van der Waals surface area (Å²) in [5.41, 5.74) is 0.931. The molecule has 0 radical (unpaired) electrons. The van der Waals surface area contributed by atoms with Crippen molar-refractivity contribution >= 4 is 17.4 Å². The lowest BCUT2D eigenvalue weighted by Gasteiger charge is -2.31. The lowest BCUT2D eigenvalue weighted by molar-refractivity contribution is -0.140. The van der Waals surface area contributed by atoms with Crippen molar-refractivity contribution < 1.29 is 28.6 Å². The Kier molecular flexibility index (Phi) is 7.59. The quantitative estimate of drug-likeness (QED) is 0.364. The number of ether oxygens (including phenoxy) is 2. The van der Waals surface area contributed by atoms with Crippen LogP contribution < -0.4 is 4.74 Å². The van der Waals surface area contributed by atoms with Gasteiger partial charge in [0.2, 0.25) is 0 Å². The summed E-state index contributed by atoms with van der Waals surface area (Å²) >= 11 is 0. The number of nitrogens with zero attached hydrogens (tertiary/aromatic N) is 2. The third kappa shape index (κ3) is 5.13. The predicted octanol–water partition coefficient (Wildman–Crippen LogP) is 3.37. The molecular weight excluding hydrogens is 439 g/mol. The Morgan fingerprint density at radius 1 is 1.12 bits per heavy atom. The molecule has 7 nitrogen and oxygen atoms in total. The highest BCUT2D eigenvalue weighted by Crippen LogP contribution is 2.40. The Bertz CT molecular complexity index is 1060. The summed E-state index contributed by atoms with van der Waals surface area (Å²) in [5, 5.41) is 11.1. The van der Waals surface area contributed by atoms with Crippen molar-refractivity contribution in [2.24, 2.45) is 0 Å². The molecule has 2 aromatic carbocycles. The Morgan fingerprint density at radius 3 is 2.56 bits per heavy atom. The van der Waals surface area contributed by atoms with Gasteiger partial charge in [0.15, 0.2) is 0 Å². The van der Waals surface area contributed by atoms with Crippen LogP contribution in [0.1, 0.15) is 30.5 Å². The van der Waals surface area contributed by atoms with Crippen molar-refractivity contribution in [1.82, 2.24) is 9.80 Å². The zero-order valence-corrected chi connectivity index (χ0v) is 19.2. The maximum atomic E-state index is 13.4. The zero-order valence-electron chi connectivity index (χ0n) is 19.2. The number of carbonyl (C=O) groups is 2. The van der Waals surface area contributed by atoms with Gasteiger partial charge >= 0.3 is 0 Å². The number of aliphatic hydroxyl groups is 1. The molecule has 2 aliphatic rings. The van der Waals surface area contributed by atoms with Gasteiger partial charge in [-0.15, -0.1) is 0 Å². The number of aliphatic hydroxyl groups excluding tert-OH is 1. The molecule has 4 rings (SSSR count). The van der Waals surface area contributed by atoms with Gasteiger partial charge in [0, 0.05) is 31.7 Å². The fourth-order valence-electron chi connectivity index (χ4n) is 4.29. The average Bonchev–Trinajstić information content (AvgIpc) is 3.12. The molecule has 0 aromatic heterocycles. The fourth-order valence-corrected chi connectivity index (χ4v) is 4.29. The number of Topliss-reactive ketones (excluding diaryl/α,β-unsaturated/α-hetero) is 1. The standard InChI is InChI=1S/C26H29FN2O5/c1-2-14-34-21-5-3-4-19(17-21)23-22(24(30)18-6-8-20(27)9-7-18)25(31)26(32)29(23)11-10-28-12-15-33-16-13-28/h3-9,17,23,30H,2,10-16H2,1H3. The lowest BCUT2D eigenvalue weighted by atomic mass is 9.95. The Morgan fingerprint density at radius 2 is 1.85 bits per heavy atom. The summed E-state index contributed by atoms with van der Waals surface area (Å²) in [4.78, 5) is 29.9. The van der Waals surface area contributed by atoms with Crippen molar-refractivity contribution in [3.8, 4) is 5.75 Å². The molecule has 1 N–H and O–H groups in total. The number of hydrogen-bond acceptors (Lipinski definition) is 6. The fraction of sp³-hybridized carbons (Fsp3) is 0.385. The van der Waals surface area contributed by atoms with Crippen molar-refractivity contribution in [2.75, 3.05) is 46.0 Å². The first-order valence-electron chi connectivity index (χ1n) is 11.6. The minimum absolute atomic E-state index is 0.00812. The van der Waals surface area contributed by atoms with E-state index >= 15 is 0 Å². The smallest absolute Gasteiger partial charge is 0.295 e. The molecule has 2 heterocycles. The second-order valence-corrected chi connectivity index (χ2v) is 8.37. The van der Waals surface area contributed by atoms with Gasteiger partial charge in [0.1, 0.15) is 17.3 Å². The Hall–Kier alpha value is -3.23. The third-order valence-electron chi connectivity index (χ3n) is 6.07. The van der Waals surface area contributed by atoms with Crippen LogP contribution in [0.15, 0.2) is 54.1 Å². The van der Waals surface area contributed by atoms with Gasteiger partial charge in [-0.2, -0.15) is 0 Å². The van der Waals surface area contributed by atoms with Crippen molar-refractivity contribution in [1.29, 1.82) is 0 Å². The van der Waals surface area contributed by atoms with Crippen LogP contribution in [0.2, 0.25) is 0 Å². The molecule has 0 bridgehead atoms. The molecule has 34 heavy (non-hydrogen) atoms. The van der Waals surface area contributed by atoms with E-state index in [9.17, 15) is 19.1 Å². The van der Waals surface area contributed by atoms with Gasteiger partial charge in [-0.25, -0.2) is 4.39 Å². The summed E-state index contributed by atoms with van der Waals surface area (Å²) in [5.74, 6) is -1.58.